The number of hydrogen-bond acceptors (Lipinski definition) is 4. The van der Waals surface area contributed by atoms with E-state index in [1.54, 1.807) is 6.92 Å². The van der Waals surface area contributed by atoms with E-state index in [-0.39, 0.29) is 30.1 Å². The van der Waals surface area contributed by atoms with Crippen molar-refractivity contribution in [3.05, 3.63) is 29.3 Å². The highest BCUT2D eigenvalue weighted by Crippen LogP contribution is 2.28. The number of carbonyl (C=O) groups excluding carboxylic acids is 1. The van der Waals surface area contributed by atoms with Gasteiger partial charge in [-0.05, 0) is 31.2 Å². The van der Waals surface area contributed by atoms with Crippen LogP contribution in [-0.2, 0) is 14.8 Å². The molecule has 0 saturated carbocycles. The molecule has 0 amide bonds. The summed E-state index contributed by atoms with van der Waals surface area (Å²) in [6.45, 7) is 1.30. The average molecular weight is 318 g/mol. The summed E-state index contributed by atoms with van der Waals surface area (Å²) in [6.07, 6.45) is 0.219. The fourth-order valence-electron chi connectivity index (χ4n) is 2.52. The second-order valence-corrected chi connectivity index (χ2v) is 7.20. The van der Waals surface area contributed by atoms with Gasteiger partial charge < -0.3 is 5.11 Å². The number of ketones is 1. The third kappa shape index (κ3) is 2.88. The van der Waals surface area contributed by atoms with Crippen molar-refractivity contribution in [2.45, 2.75) is 36.7 Å². The Kier molecular flexibility index (Phi) is 4.49. The summed E-state index contributed by atoms with van der Waals surface area (Å²) < 4.78 is 26.5. The van der Waals surface area contributed by atoms with Gasteiger partial charge in [-0.3, -0.25) is 4.79 Å². The number of rotatable bonds is 3. The molecule has 7 heteroatoms. The van der Waals surface area contributed by atoms with Crippen LogP contribution in [0.2, 0.25) is 5.02 Å². The molecule has 1 N–H and O–H groups in total. The largest absolute Gasteiger partial charge is 0.395 e. The van der Waals surface area contributed by atoms with E-state index in [2.05, 4.69) is 0 Å². The third-order valence-electron chi connectivity index (χ3n) is 3.38. The number of halogens is 1. The van der Waals surface area contributed by atoms with Gasteiger partial charge in [0.1, 0.15) is 5.78 Å². The lowest BCUT2D eigenvalue weighted by Gasteiger charge is -2.37. The van der Waals surface area contributed by atoms with Gasteiger partial charge in [-0.1, -0.05) is 11.6 Å². The molecule has 1 aliphatic heterocycles. The maximum absolute atomic E-state index is 12.6. The highest BCUT2D eigenvalue weighted by Gasteiger charge is 2.40. The fourth-order valence-corrected chi connectivity index (χ4v) is 4.45. The molecule has 2 rings (SSSR count). The molecule has 1 aromatic rings. The van der Waals surface area contributed by atoms with Gasteiger partial charge in [-0.2, -0.15) is 4.31 Å². The number of piperidine rings is 1. The van der Waals surface area contributed by atoms with Crippen LogP contribution in [0.4, 0.5) is 0 Å². The molecule has 0 bridgehead atoms. The molecule has 0 aromatic heterocycles. The van der Waals surface area contributed by atoms with Crippen molar-refractivity contribution in [1.29, 1.82) is 0 Å². The van der Waals surface area contributed by atoms with Crippen LogP contribution in [0.15, 0.2) is 29.2 Å². The van der Waals surface area contributed by atoms with Crippen LogP contribution >= 0.6 is 11.6 Å². The third-order valence-corrected chi connectivity index (χ3v) is 5.71. The molecule has 0 aliphatic carbocycles. The lowest BCUT2D eigenvalue weighted by atomic mass is 9.99. The number of sulfonamides is 1. The lowest BCUT2D eigenvalue weighted by Crippen LogP contribution is -2.52. The predicted molar refractivity (Wildman–Crippen MR) is 75.1 cm³/mol. The van der Waals surface area contributed by atoms with Crippen molar-refractivity contribution >= 4 is 27.4 Å². The summed E-state index contributed by atoms with van der Waals surface area (Å²) in [5.41, 5.74) is 0. The number of aliphatic hydroxyl groups is 1. The molecule has 0 radical (unpaired) electrons. The Morgan fingerprint density at radius 3 is 2.45 bits per heavy atom. The molecule has 1 fully saturated rings. The van der Waals surface area contributed by atoms with E-state index in [9.17, 15) is 18.3 Å². The summed E-state index contributed by atoms with van der Waals surface area (Å²) in [6, 6.07) is 4.69. The first-order valence-corrected chi connectivity index (χ1v) is 8.09. The number of nitrogens with zero attached hydrogens (tertiary/aromatic N) is 1. The summed E-state index contributed by atoms with van der Waals surface area (Å²) in [7, 11) is -3.75. The molecule has 2 atom stereocenters. The van der Waals surface area contributed by atoms with Crippen molar-refractivity contribution in [2.75, 3.05) is 6.61 Å². The monoisotopic (exact) mass is 317 g/mol. The first kappa shape index (κ1) is 15.4. The van der Waals surface area contributed by atoms with Crippen LogP contribution in [-0.4, -0.2) is 42.3 Å². The Labute approximate surface area is 123 Å². The normalized spacial score (nSPS) is 24.9. The van der Waals surface area contributed by atoms with Crippen LogP contribution in [0, 0.1) is 0 Å². The molecule has 2 unspecified atom stereocenters. The zero-order chi connectivity index (χ0) is 14.9. The van der Waals surface area contributed by atoms with Gasteiger partial charge in [-0.25, -0.2) is 8.42 Å². The molecular formula is C13H16ClNO4S. The fraction of sp³-hybridized carbons (Fsp3) is 0.462. The topological polar surface area (TPSA) is 74.7 Å². The smallest absolute Gasteiger partial charge is 0.243 e. The molecule has 110 valence electrons. The van der Waals surface area contributed by atoms with E-state index in [1.807, 2.05) is 0 Å². The van der Waals surface area contributed by atoms with Gasteiger partial charge in [0.05, 0.1) is 17.5 Å². The molecule has 1 aromatic carbocycles. The average Bonchev–Trinajstić information content (AvgIpc) is 2.37. The Bertz CT molecular complexity index is 599. The Morgan fingerprint density at radius 2 is 1.90 bits per heavy atom. The first-order chi connectivity index (χ1) is 9.36. The van der Waals surface area contributed by atoms with Crippen molar-refractivity contribution in [3.63, 3.8) is 0 Å². The SMILES string of the molecule is CC1CC(=O)CC(CO)N1S(=O)(=O)c1ccc(Cl)cc1. The van der Waals surface area contributed by atoms with E-state index in [4.69, 9.17) is 11.6 Å². The molecule has 1 aliphatic rings. The minimum Gasteiger partial charge on any atom is -0.395 e. The summed E-state index contributed by atoms with van der Waals surface area (Å²) in [5, 5.41) is 9.82. The van der Waals surface area contributed by atoms with E-state index in [0.29, 0.717) is 5.02 Å². The predicted octanol–water partition coefficient (Wildman–Crippen LogP) is 1.44. The zero-order valence-corrected chi connectivity index (χ0v) is 12.6. The van der Waals surface area contributed by atoms with Crippen molar-refractivity contribution in [1.82, 2.24) is 4.31 Å². The molecular weight excluding hydrogens is 302 g/mol. The van der Waals surface area contributed by atoms with Crippen LogP contribution in [0.5, 0.6) is 0 Å². The number of carbonyl (C=O) groups is 1. The van der Waals surface area contributed by atoms with Gasteiger partial charge in [0.15, 0.2) is 0 Å². The first-order valence-electron chi connectivity index (χ1n) is 6.28. The van der Waals surface area contributed by atoms with Gasteiger partial charge >= 0.3 is 0 Å². The number of aliphatic hydroxyl groups excluding tert-OH is 1. The molecule has 20 heavy (non-hydrogen) atoms. The molecule has 5 nitrogen and oxygen atoms in total. The maximum atomic E-state index is 12.6. The van der Waals surface area contributed by atoms with E-state index < -0.39 is 22.1 Å². The minimum absolute atomic E-state index is 0.0286. The number of benzene rings is 1. The highest BCUT2D eigenvalue weighted by atomic mass is 35.5. The van der Waals surface area contributed by atoms with E-state index in [0.717, 1.165) is 0 Å². The zero-order valence-electron chi connectivity index (χ0n) is 11.0. The van der Waals surface area contributed by atoms with Gasteiger partial charge in [-0.15, -0.1) is 0 Å². The Morgan fingerprint density at radius 1 is 1.30 bits per heavy atom. The second kappa shape index (κ2) is 5.81. The summed E-state index contributed by atoms with van der Waals surface area (Å²) in [4.78, 5) is 11.7. The highest BCUT2D eigenvalue weighted by molar-refractivity contribution is 7.89. The van der Waals surface area contributed by atoms with E-state index >= 15 is 0 Å². The van der Waals surface area contributed by atoms with Crippen LogP contribution in [0.25, 0.3) is 0 Å². The van der Waals surface area contributed by atoms with Crippen molar-refractivity contribution in [2.24, 2.45) is 0 Å². The van der Waals surface area contributed by atoms with Gasteiger partial charge in [0.2, 0.25) is 10.0 Å². The molecule has 0 spiro atoms. The Balaban J connectivity index is 2.40. The number of Topliss-reactive ketones (excluding diaryl/α,β-unsaturated/α-hetero) is 1. The summed E-state index contributed by atoms with van der Waals surface area (Å²) in [5.74, 6) is -0.0286. The summed E-state index contributed by atoms with van der Waals surface area (Å²) >= 11 is 5.76. The minimum atomic E-state index is -3.75. The quantitative estimate of drug-likeness (QED) is 0.915. The standard InChI is InChI=1S/C13H16ClNO4S/c1-9-6-12(17)7-11(8-16)15(9)20(18,19)13-4-2-10(14)3-5-13/h2-5,9,11,16H,6-8H2,1H3. The van der Waals surface area contributed by atoms with Crippen LogP contribution in [0.3, 0.4) is 0 Å². The number of hydrogen-bond donors (Lipinski definition) is 1. The van der Waals surface area contributed by atoms with Crippen molar-refractivity contribution < 1.29 is 18.3 Å². The molecule has 1 heterocycles. The maximum Gasteiger partial charge on any atom is 0.243 e. The van der Waals surface area contributed by atoms with Gasteiger partial charge in [0, 0.05) is 23.9 Å². The molecule has 1 saturated heterocycles. The van der Waals surface area contributed by atoms with Crippen molar-refractivity contribution in [3.8, 4) is 0 Å². The Hall–Kier alpha value is -0.950. The van der Waals surface area contributed by atoms with Gasteiger partial charge in [0.25, 0.3) is 0 Å². The van der Waals surface area contributed by atoms with E-state index in [1.165, 1.54) is 28.6 Å². The lowest BCUT2D eigenvalue weighted by molar-refractivity contribution is -0.123. The van der Waals surface area contributed by atoms with Crippen LogP contribution in [0.1, 0.15) is 19.8 Å². The second-order valence-electron chi connectivity index (χ2n) is 4.92. The van der Waals surface area contributed by atoms with Crippen LogP contribution < -0.4 is 0 Å².